The van der Waals surface area contributed by atoms with E-state index in [4.69, 9.17) is 4.74 Å². The largest absolute Gasteiger partial charge is 0.465 e. The van der Waals surface area contributed by atoms with Crippen molar-refractivity contribution >= 4 is 5.97 Å². The van der Waals surface area contributed by atoms with Gasteiger partial charge in [0.1, 0.15) is 0 Å². The molecule has 192 valence electrons. The predicted molar refractivity (Wildman–Crippen MR) is 141 cm³/mol. The Hall–Kier alpha value is -0.570. The molecule has 0 aromatic carbocycles. The Morgan fingerprint density at radius 2 is 0.906 bits per heavy atom. The van der Waals surface area contributed by atoms with Crippen molar-refractivity contribution in [3.8, 4) is 0 Å². The van der Waals surface area contributed by atoms with Gasteiger partial charge in [0.25, 0.3) is 0 Å². The molecule has 0 fully saturated rings. The molecule has 0 saturated carbocycles. The molecule has 3 heteroatoms. The molecule has 0 aliphatic heterocycles. The van der Waals surface area contributed by atoms with Crippen molar-refractivity contribution in [3.05, 3.63) is 0 Å². The maximum Gasteiger partial charge on any atom is 0.305 e. The number of carbonyl (C=O) groups is 1. The van der Waals surface area contributed by atoms with Crippen molar-refractivity contribution in [3.63, 3.8) is 0 Å². The Kier molecular flexibility index (Phi) is 23.2. The third kappa shape index (κ3) is 24.1. The van der Waals surface area contributed by atoms with Crippen LogP contribution in [0.25, 0.3) is 0 Å². The van der Waals surface area contributed by atoms with Crippen LogP contribution in [0.4, 0.5) is 0 Å². The minimum absolute atomic E-state index is 0.00736. The van der Waals surface area contributed by atoms with E-state index in [1.165, 1.54) is 122 Å². The summed E-state index contributed by atoms with van der Waals surface area (Å²) in [5, 5.41) is 0. The molecule has 0 spiro atoms. The Morgan fingerprint density at radius 3 is 1.38 bits per heavy atom. The van der Waals surface area contributed by atoms with Crippen LogP contribution < -0.4 is 0 Å². The molecule has 0 aliphatic rings. The van der Waals surface area contributed by atoms with Crippen LogP contribution in [0.3, 0.4) is 0 Å². The van der Waals surface area contributed by atoms with Crippen molar-refractivity contribution in [2.24, 2.45) is 0 Å². The number of hydrogen-bond donors (Lipinski definition) is 0. The molecule has 0 aliphatic carbocycles. The van der Waals surface area contributed by atoms with Crippen LogP contribution >= 0.6 is 0 Å². The first-order chi connectivity index (χ1) is 15.5. The van der Waals surface area contributed by atoms with Gasteiger partial charge in [-0.05, 0) is 19.3 Å². The zero-order valence-electron chi connectivity index (χ0n) is 22.7. The van der Waals surface area contributed by atoms with Crippen molar-refractivity contribution < 1.29 is 14.0 Å². The summed E-state index contributed by atoms with van der Waals surface area (Å²) in [6, 6.07) is 0. The summed E-state index contributed by atoms with van der Waals surface area (Å²) in [5.74, 6) is 0.00736. The standard InChI is InChI=1S/C29H60NO2/c1-5-7-9-11-13-15-17-19-21-23-26-30(3,4)27-24-28-32-29(31)25-22-20-18-16-14-12-10-8-6-2/h5-28H2,1-4H3/q+1. The van der Waals surface area contributed by atoms with Gasteiger partial charge in [0, 0.05) is 12.8 Å². The molecule has 0 aromatic rings. The van der Waals surface area contributed by atoms with E-state index in [9.17, 15) is 4.79 Å². The number of quaternary nitrogens is 1. The van der Waals surface area contributed by atoms with E-state index in [2.05, 4.69) is 27.9 Å². The topological polar surface area (TPSA) is 26.3 Å². The molecule has 0 saturated heterocycles. The second kappa shape index (κ2) is 23.6. The highest BCUT2D eigenvalue weighted by molar-refractivity contribution is 5.69. The van der Waals surface area contributed by atoms with Crippen LogP contribution in [-0.4, -0.2) is 44.2 Å². The summed E-state index contributed by atoms with van der Waals surface area (Å²) in [5.41, 5.74) is 0. The van der Waals surface area contributed by atoms with Gasteiger partial charge < -0.3 is 9.22 Å². The average molecular weight is 455 g/mol. The van der Waals surface area contributed by atoms with E-state index in [0.717, 1.165) is 23.9 Å². The van der Waals surface area contributed by atoms with Gasteiger partial charge in [-0.25, -0.2) is 0 Å². The van der Waals surface area contributed by atoms with Crippen LogP contribution in [0.15, 0.2) is 0 Å². The molecule has 0 rings (SSSR count). The van der Waals surface area contributed by atoms with Gasteiger partial charge in [-0.3, -0.25) is 4.79 Å². The molecular formula is C29H60NO2+. The average Bonchev–Trinajstić information content (AvgIpc) is 2.77. The quantitative estimate of drug-likeness (QED) is 0.0782. The predicted octanol–water partition coefficient (Wildman–Crippen LogP) is 8.84. The van der Waals surface area contributed by atoms with E-state index in [0.29, 0.717) is 13.0 Å². The number of ether oxygens (including phenoxy) is 1. The van der Waals surface area contributed by atoms with E-state index in [1.807, 2.05) is 0 Å². The summed E-state index contributed by atoms with van der Waals surface area (Å²) < 4.78 is 6.51. The Bertz CT molecular complexity index is 395. The van der Waals surface area contributed by atoms with Gasteiger partial charge in [0.2, 0.25) is 0 Å². The van der Waals surface area contributed by atoms with Gasteiger partial charge in [0.15, 0.2) is 0 Å². The highest BCUT2D eigenvalue weighted by atomic mass is 16.5. The molecule has 0 unspecified atom stereocenters. The lowest BCUT2D eigenvalue weighted by Crippen LogP contribution is -2.41. The van der Waals surface area contributed by atoms with Gasteiger partial charge in [0.05, 0.1) is 33.8 Å². The lowest BCUT2D eigenvalue weighted by molar-refractivity contribution is -0.890. The molecule has 0 amide bonds. The summed E-state index contributed by atoms with van der Waals surface area (Å²) in [6.07, 6.45) is 27.1. The fourth-order valence-electron chi connectivity index (χ4n) is 4.47. The SMILES string of the molecule is CCCCCCCCCCCC[N+](C)(C)CCCOC(=O)CCCCCCCCCCC. The maximum absolute atomic E-state index is 11.9. The Labute approximate surface area is 202 Å². The van der Waals surface area contributed by atoms with Gasteiger partial charge in [-0.2, -0.15) is 0 Å². The molecule has 0 radical (unpaired) electrons. The van der Waals surface area contributed by atoms with E-state index < -0.39 is 0 Å². The van der Waals surface area contributed by atoms with Crippen molar-refractivity contribution in [1.29, 1.82) is 0 Å². The first-order valence-corrected chi connectivity index (χ1v) is 14.5. The number of carbonyl (C=O) groups excluding carboxylic acids is 1. The Morgan fingerprint density at radius 1 is 0.531 bits per heavy atom. The van der Waals surface area contributed by atoms with E-state index in [1.54, 1.807) is 0 Å². The fourth-order valence-corrected chi connectivity index (χ4v) is 4.47. The van der Waals surface area contributed by atoms with Gasteiger partial charge in [-0.1, -0.05) is 117 Å². The summed E-state index contributed by atoms with van der Waals surface area (Å²) in [4.78, 5) is 11.9. The summed E-state index contributed by atoms with van der Waals surface area (Å²) in [6.45, 7) is 7.48. The molecular weight excluding hydrogens is 394 g/mol. The second-order valence-electron chi connectivity index (χ2n) is 10.7. The number of esters is 1. The highest BCUT2D eigenvalue weighted by Gasteiger charge is 2.14. The van der Waals surface area contributed by atoms with Crippen molar-refractivity contribution in [2.75, 3.05) is 33.8 Å². The number of hydrogen-bond acceptors (Lipinski definition) is 2. The molecule has 0 heterocycles. The second-order valence-corrected chi connectivity index (χ2v) is 10.7. The zero-order chi connectivity index (χ0) is 23.8. The third-order valence-electron chi connectivity index (χ3n) is 6.77. The van der Waals surface area contributed by atoms with Crippen LogP contribution in [0.2, 0.25) is 0 Å². The summed E-state index contributed by atoms with van der Waals surface area (Å²) >= 11 is 0. The molecule has 32 heavy (non-hydrogen) atoms. The normalized spacial score (nSPS) is 11.8. The maximum atomic E-state index is 11.9. The molecule has 3 nitrogen and oxygen atoms in total. The molecule has 0 bridgehead atoms. The minimum Gasteiger partial charge on any atom is -0.465 e. The smallest absolute Gasteiger partial charge is 0.305 e. The van der Waals surface area contributed by atoms with E-state index >= 15 is 0 Å². The fraction of sp³-hybridized carbons (Fsp3) is 0.966. The van der Waals surface area contributed by atoms with Crippen LogP contribution in [0.5, 0.6) is 0 Å². The summed E-state index contributed by atoms with van der Waals surface area (Å²) in [7, 11) is 4.63. The Balaban J connectivity index is 3.44. The molecule has 0 N–H and O–H groups in total. The van der Waals surface area contributed by atoms with Crippen LogP contribution in [-0.2, 0) is 9.53 Å². The molecule has 0 aromatic heterocycles. The van der Waals surface area contributed by atoms with Crippen LogP contribution in [0, 0.1) is 0 Å². The van der Waals surface area contributed by atoms with Crippen LogP contribution in [0.1, 0.15) is 149 Å². The van der Waals surface area contributed by atoms with Crippen molar-refractivity contribution in [1.82, 2.24) is 0 Å². The van der Waals surface area contributed by atoms with Gasteiger partial charge >= 0.3 is 5.97 Å². The highest BCUT2D eigenvalue weighted by Crippen LogP contribution is 2.13. The number of nitrogens with zero attached hydrogens (tertiary/aromatic N) is 1. The van der Waals surface area contributed by atoms with Gasteiger partial charge in [-0.15, -0.1) is 0 Å². The lowest BCUT2D eigenvalue weighted by Gasteiger charge is -2.29. The van der Waals surface area contributed by atoms with Crippen molar-refractivity contribution in [2.45, 2.75) is 149 Å². The monoisotopic (exact) mass is 454 g/mol. The lowest BCUT2D eigenvalue weighted by atomic mass is 10.1. The minimum atomic E-state index is 0.00736. The number of rotatable bonds is 25. The van der Waals surface area contributed by atoms with E-state index in [-0.39, 0.29) is 5.97 Å². The number of unbranched alkanes of at least 4 members (excludes halogenated alkanes) is 17. The third-order valence-corrected chi connectivity index (χ3v) is 6.77. The zero-order valence-corrected chi connectivity index (χ0v) is 22.7. The first-order valence-electron chi connectivity index (χ1n) is 14.5. The first kappa shape index (κ1) is 31.4. The molecule has 0 atom stereocenters.